The quantitative estimate of drug-likeness (QED) is 0.916. The van der Waals surface area contributed by atoms with E-state index in [-0.39, 0.29) is 6.09 Å². The van der Waals surface area contributed by atoms with E-state index in [1.165, 1.54) is 0 Å². The number of phenols is 1. The third kappa shape index (κ3) is 3.86. The van der Waals surface area contributed by atoms with Gasteiger partial charge in [-0.2, -0.15) is 0 Å². The largest absolute Gasteiger partial charge is 0.508 e. The number of rotatable bonds is 3. The smallest absolute Gasteiger partial charge is 0.409 e. The fourth-order valence-corrected chi connectivity index (χ4v) is 2.63. The van der Waals surface area contributed by atoms with E-state index in [0.29, 0.717) is 32.0 Å². The highest BCUT2D eigenvalue weighted by atomic mass is 79.9. The van der Waals surface area contributed by atoms with Crippen molar-refractivity contribution >= 4 is 22.0 Å². The zero-order chi connectivity index (χ0) is 14.5. The number of carbonyl (C=O) groups excluding carboxylic acids is 1. The van der Waals surface area contributed by atoms with E-state index in [1.54, 1.807) is 11.0 Å². The van der Waals surface area contributed by atoms with E-state index in [1.807, 2.05) is 19.1 Å². The summed E-state index contributed by atoms with van der Waals surface area (Å²) in [6.45, 7) is 5.79. The molecule has 20 heavy (non-hydrogen) atoms. The number of ether oxygens (including phenoxy) is 1. The summed E-state index contributed by atoms with van der Waals surface area (Å²) in [4.78, 5) is 15.5. The minimum Gasteiger partial charge on any atom is -0.508 e. The first-order valence-electron chi connectivity index (χ1n) is 6.71. The highest BCUT2D eigenvalue weighted by Gasteiger charge is 2.22. The van der Waals surface area contributed by atoms with Crippen molar-refractivity contribution in [1.82, 2.24) is 9.80 Å². The molecule has 0 aliphatic carbocycles. The first-order valence-corrected chi connectivity index (χ1v) is 7.51. The Balaban J connectivity index is 1.88. The van der Waals surface area contributed by atoms with E-state index < -0.39 is 0 Å². The standard InChI is InChI=1S/C14H19BrN2O3/c1-2-20-14(19)17-7-5-16(6-8-17)10-11-9-12(15)3-4-13(11)18/h3-4,9,18H,2,5-8,10H2,1H3. The van der Waals surface area contributed by atoms with Crippen molar-refractivity contribution in [1.29, 1.82) is 0 Å². The molecule has 1 fully saturated rings. The van der Waals surface area contributed by atoms with Crippen LogP contribution < -0.4 is 0 Å². The number of piperazine rings is 1. The van der Waals surface area contributed by atoms with E-state index >= 15 is 0 Å². The Morgan fingerprint density at radius 2 is 2.05 bits per heavy atom. The Morgan fingerprint density at radius 1 is 1.35 bits per heavy atom. The molecule has 0 spiro atoms. The molecule has 0 bridgehead atoms. The molecule has 1 amide bonds. The third-order valence-electron chi connectivity index (χ3n) is 3.33. The number of nitrogens with zero attached hydrogens (tertiary/aromatic N) is 2. The molecule has 1 aliphatic rings. The zero-order valence-corrected chi connectivity index (χ0v) is 13.1. The van der Waals surface area contributed by atoms with E-state index in [4.69, 9.17) is 4.74 Å². The predicted molar refractivity (Wildman–Crippen MR) is 79.7 cm³/mol. The Morgan fingerprint density at radius 3 is 2.70 bits per heavy atom. The molecule has 0 atom stereocenters. The fourth-order valence-electron chi connectivity index (χ4n) is 2.22. The molecule has 1 aromatic carbocycles. The Hall–Kier alpha value is -1.27. The van der Waals surface area contributed by atoms with Crippen LogP contribution in [0.3, 0.4) is 0 Å². The highest BCUT2D eigenvalue weighted by Crippen LogP contribution is 2.23. The van der Waals surface area contributed by atoms with Gasteiger partial charge in [-0.1, -0.05) is 15.9 Å². The van der Waals surface area contributed by atoms with Crippen molar-refractivity contribution in [2.24, 2.45) is 0 Å². The third-order valence-corrected chi connectivity index (χ3v) is 3.83. The molecule has 1 N–H and O–H groups in total. The molecule has 2 rings (SSSR count). The van der Waals surface area contributed by atoms with Crippen molar-refractivity contribution in [3.05, 3.63) is 28.2 Å². The van der Waals surface area contributed by atoms with Crippen LogP contribution in [0.5, 0.6) is 5.75 Å². The highest BCUT2D eigenvalue weighted by molar-refractivity contribution is 9.10. The minimum atomic E-state index is -0.238. The van der Waals surface area contributed by atoms with Gasteiger partial charge in [0.2, 0.25) is 0 Å². The molecule has 0 aromatic heterocycles. The van der Waals surface area contributed by atoms with Crippen LogP contribution in [0.2, 0.25) is 0 Å². The van der Waals surface area contributed by atoms with Crippen LogP contribution in [0.1, 0.15) is 12.5 Å². The summed E-state index contributed by atoms with van der Waals surface area (Å²) in [5.74, 6) is 0.307. The summed E-state index contributed by atoms with van der Waals surface area (Å²) < 4.78 is 5.95. The molecule has 1 aliphatic heterocycles. The molecule has 1 heterocycles. The second-order valence-electron chi connectivity index (χ2n) is 4.74. The van der Waals surface area contributed by atoms with Gasteiger partial charge in [-0.3, -0.25) is 4.90 Å². The van der Waals surface area contributed by atoms with E-state index in [0.717, 1.165) is 23.1 Å². The van der Waals surface area contributed by atoms with Gasteiger partial charge in [0.25, 0.3) is 0 Å². The predicted octanol–water partition coefficient (Wildman–Crippen LogP) is 2.43. The second-order valence-corrected chi connectivity index (χ2v) is 5.65. The van der Waals surface area contributed by atoms with E-state index in [2.05, 4.69) is 20.8 Å². The first kappa shape index (κ1) is 15.1. The summed E-state index contributed by atoms with van der Waals surface area (Å²) in [6.07, 6.45) is -0.238. The number of amides is 1. The summed E-state index contributed by atoms with van der Waals surface area (Å²) in [7, 11) is 0. The lowest BCUT2D eigenvalue weighted by Gasteiger charge is -2.34. The van der Waals surface area contributed by atoms with Crippen LogP contribution in [-0.4, -0.2) is 53.8 Å². The van der Waals surface area contributed by atoms with Crippen molar-refractivity contribution < 1.29 is 14.6 Å². The normalized spacial score (nSPS) is 16.2. The molecule has 110 valence electrons. The van der Waals surface area contributed by atoms with Gasteiger partial charge in [-0.25, -0.2) is 4.79 Å². The van der Waals surface area contributed by atoms with Crippen LogP contribution in [0, 0.1) is 0 Å². The number of benzene rings is 1. The molecular weight excluding hydrogens is 324 g/mol. The summed E-state index contributed by atoms with van der Waals surface area (Å²) >= 11 is 3.41. The van der Waals surface area contributed by atoms with Crippen molar-refractivity contribution in [3.63, 3.8) is 0 Å². The molecule has 6 heteroatoms. The lowest BCUT2D eigenvalue weighted by Crippen LogP contribution is -2.48. The van der Waals surface area contributed by atoms with Crippen LogP contribution >= 0.6 is 15.9 Å². The van der Waals surface area contributed by atoms with Crippen LogP contribution in [0.4, 0.5) is 4.79 Å². The number of hydrogen-bond donors (Lipinski definition) is 1. The Labute approximate surface area is 127 Å². The summed E-state index contributed by atoms with van der Waals surface area (Å²) in [5, 5.41) is 9.84. The van der Waals surface area contributed by atoms with Gasteiger partial charge in [-0.15, -0.1) is 0 Å². The number of phenolic OH excluding ortho intramolecular Hbond substituents is 1. The molecule has 0 unspecified atom stereocenters. The van der Waals surface area contributed by atoms with E-state index in [9.17, 15) is 9.90 Å². The van der Waals surface area contributed by atoms with Crippen LogP contribution in [-0.2, 0) is 11.3 Å². The summed E-state index contributed by atoms with van der Waals surface area (Å²) in [5.41, 5.74) is 0.893. The van der Waals surface area contributed by atoms with Crippen LogP contribution in [0.15, 0.2) is 22.7 Å². The van der Waals surface area contributed by atoms with Crippen molar-refractivity contribution in [2.75, 3.05) is 32.8 Å². The molecule has 1 aromatic rings. The average Bonchev–Trinajstić information content (AvgIpc) is 2.44. The Kier molecular flexibility index (Phi) is 5.25. The van der Waals surface area contributed by atoms with Crippen molar-refractivity contribution in [3.8, 4) is 5.75 Å². The fraction of sp³-hybridized carbons (Fsp3) is 0.500. The lowest BCUT2D eigenvalue weighted by molar-refractivity contribution is 0.0776. The number of carbonyl (C=O) groups is 1. The summed E-state index contributed by atoms with van der Waals surface area (Å²) in [6, 6.07) is 5.43. The van der Waals surface area contributed by atoms with Gasteiger partial charge in [0.15, 0.2) is 0 Å². The van der Waals surface area contributed by atoms with Gasteiger partial charge in [0.1, 0.15) is 5.75 Å². The number of halogens is 1. The second kappa shape index (κ2) is 6.95. The van der Waals surface area contributed by atoms with Gasteiger partial charge in [0.05, 0.1) is 6.61 Å². The topological polar surface area (TPSA) is 53.0 Å². The minimum absolute atomic E-state index is 0.238. The maximum Gasteiger partial charge on any atom is 0.409 e. The maximum atomic E-state index is 11.6. The Bertz CT molecular complexity index is 473. The maximum absolute atomic E-state index is 11.6. The van der Waals surface area contributed by atoms with Gasteiger partial charge in [-0.05, 0) is 25.1 Å². The van der Waals surface area contributed by atoms with Gasteiger partial charge in [0, 0.05) is 42.8 Å². The number of hydrogen-bond acceptors (Lipinski definition) is 4. The van der Waals surface area contributed by atoms with Crippen molar-refractivity contribution in [2.45, 2.75) is 13.5 Å². The lowest BCUT2D eigenvalue weighted by atomic mass is 10.1. The van der Waals surface area contributed by atoms with Gasteiger partial charge < -0.3 is 14.7 Å². The molecule has 1 saturated heterocycles. The van der Waals surface area contributed by atoms with Crippen LogP contribution in [0.25, 0.3) is 0 Å². The molecular formula is C14H19BrN2O3. The monoisotopic (exact) mass is 342 g/mol. The van der Waals surface area contributed by atoms with Gasteiger partial charge >= 0.3 is 6.09 Å². The first-order chi connectivity index (χ1) is 9.60. The molecule has 0 radical (unpaired) electrons. The molecule has 5 nitrogen and oxygen atoms in total. The average molecular weight is 343 g/mol. The zero-order valence-electron chi connectivity index (χ0n) is 11.5. The molecule has 0 saturated carbocycles. The number of aromatic hydroxyl groups is 1. The SMILES string of the molecule is CCOC(=O)N1CCN(Cc2cc(Br)ccc2O)CC1.